The van der Waals surface area contributed by atoms with E-state index in [0.717, 1.165) is 16.4 Å². The Hall–Kier alpha value is -1.87. The van der Waals surface area contributed by atoms with Crippen molar-refractivity contribution in [1.29, 1.82) is 0 Å². The fourth-order valence-corrected chi connectivity index (χ4v) is 4.04. The zero-order valence-electron chi connectivity index (χ0n) is 12.6. The Kier molecular flexibility index (Phi) is 4.05. The maximum Gasteiger partial charge on any atom is 0.0991 e. The summed E-state index contributed by atoms with van der Waals surface area (Å²) >= 11 is 18.5. The van der Waals surface area contributed by atoms with Crippen LogP contribution < -0.4 is 4.90 Å². The van der Waals surface area contributed by atoms with Crippen LogP contribution in [0, 0.1) is 0 Å². The van der Waals surface area contributed by atoms with Crippen LogP contribution in [0.15, 0.2) is 72.8 Å². The van der Waals surface area contributed by atoms with E-state index in [1.165, 1.54) is 11.1 Å². The largest absolute Gasteiger partial charge is 0.302 e. The summed E-state index contributed by atoms with van der Waals surface area (Å²) in [6.45, 7) is 0. The Morgan fingerprint density at radius 3 is 2.21 bits per heavy atom. The predicted molar refractivity (Wildman–Crippen MR) is 106 cm³/mol. The van der Waals surface area contributed by atoms with Crippen LogP contribution in [-0.4, -0.2) is 4.99 Å². The van der Waals surface area contributed by atoms with Crippen LogP contribution in [0.3, 0.4) is 0 Å². The number of hydrogen-bond donors (Lipinski definition) is 0. The second-order valence-corrected chi connectivity index (χ2v) is 6.85. The molecule has 3 aromatic carbocycles. The molecule has 3 aromatic rings. The van der Waals surface area contributed by atoms with Crippen molar-refractivity contribution >= 4 is 51.8 Å². The van der Waals surface area contributed by atoms with Gasteiger partial charge in [-0.05, 0) is 29.3 Å². The van der Waals surface area contributed by atoms with Crippen LogP contribution in [0.25, 0.3) is 0 Å². The summed E-state index contributed by atoms with van der Waals surface area (Å²) in [6, 6.07) is 24.2. The molecular formula is C20H13Cl2NS. The van der Waals surface area contributed by atoms with Gasteiger partial charge in [0.1, 0.15) is 0 Å². The molecule has 118 valence electrons. The Morgan fingerprint density at radius 2 is 1.42 bits per heavy atom. The molecule has 1 aliphatic rings. The molecule has 0 saturated heterocycles. The topological polar surface area (TPSA) is 3.24 Å². The molecule has 1 heterocycles. The average molecular weight is 370 g/mol. The third-order valence-electron chi connectivity index (χ3n) is 4.26. The van der Waals surface area contributed by atoms with E-state index in [2.05, 4.69) is 24.3 Å². The minimum atomic E-state index is 0.0347. The zero-order chi connectivity index (χ0) is 16.7. The minimum Gasteiger partial charge on any atom is -0.302 e. The summed E-state index contributed by atoms with van der Waals surface area (Å²) in [5.74, 6) is 0.0347. The van der Waals surface area contributed by atoms with Crippen molar-refractivity contribution in [2.24, 2.45) is 0 Å². The summed E-state index contributed by atoms with van der Waals surface area (Å²) in [4.78, 5) is 2.85. The number of benzene rings is 3. The maximum absolute atomic E-state index is 6.47. The first-order chi connectivity index (χ1) is 11.7. The SMILES string of the molecule is S=C1C(c2ccccc2)c2ccccc2N1c1cccc(Cl)c1Cl. The molecule has 24 heavy (non-hydrogen) atoms. The highest BCUT2D eigenvalue weighted by Crippen LogP contribution is 2.48. The summed E-state index contributed by atoms with van der Waals surface area (Å²) in [6.07, 6.45) is 0. The summed E-state index contributed by atoms with van der Waals surface area (Å²) < 4.78 is 0. The monoisotopic (exact) mass is 369 g/mol. The number of fused-ring (bicyclic) bond motifs is 1. The van der Waals surface area contributed by atoms with Gasteiger partial charge in [0.15, 0.2) is 0 Å². The number of hydrogen-bond acceptors (Lipinski definition) is 1. The molecule has 4 heteroatoms. The standard InChI is InChI=1S/C20H13Cl2NS/c21-15-10-6-12-17(19(15)22)23-16-11-5-4-9-14(16)18(20(23)24)13-7-2-1-3-8-13/h1-12,18H. The highest BCUT2D eigenvalue weighted by atomic mass is 35.5. The van der Waals surface area contributed by atoms with Gasteiger partial charge in [-0.3, -0.25) is 0 Å². The van der Waals surface area contributed by atoms with Gasteiger partial charge in [0, 0.05) is 0 Å². The second kappa shape index (κ2) is 6.21. The number of halogens is 2. The van der Waals surface area contributed by atoms with Gasteiger partial charge in [0.2, 0.25) is 0 Å². The molecule has 0 saturated carbocycles. The smallest absolute Gasteiger partial charge is 0.0991 e. The van der Waals surface area contributed by atoms with Crippen molar-refractivity contribution in [3.05, 3.63) is 94.0 Å². The van der Waals surface area contributed by atoms with Gasteiger partial charge in [-0.25, -0.2) is 0 Å². The van der Waals surface area contributed by atoms with E-state index in [9.17, 15) is 0 Å². The predicted octanol–water partition coefficient (Wildman–Crippen LogP) is 6.60. The van der Waals surface area contributed by atoms with Crippen molar-refractivity contribution in [3.8, 4) is 0 Å². The first-order valence-electron chi connectivity index (χ1n) is 7.60. The summed E-state index contributed by atoms with van der Waals surface area (Å²) in [7, 11) is 0. The molecule has 0 aromatic heterocycles. The van der Waals surface area contributed by atoms with Crippen LogP contribution in [-0.2, 0) is 0 Å². The van der Waals surface area contributed by atoms with Crippen molar-refractivity contribution < 1.29 is 0 Å². The van der Waals surface area contributed by atoms with Gasteiger partial charge in [-0.15, -0.1) is 0 Å². The third-order valence-corrected chi connectivity index (χ3v) is 5.49. The van der Waals surface area contributed by atoms with E-state index >= 15 is 0 Å². The van der Waals surface area contributed by atoms with Crippen molar-refractivity contribution in [2.45, 2.75) is 5.92 Å². The van der Waals surface area contributed by atoms with Crippen LogP contribution in [0.5, 0.6) is 0 Å². The molecule has 1 atom stereocenters. The van der Waals surface area contributed by atoms with Crippen molar-refractivity contribution in [3.63, 3.8) is 0 Å². The molecule has 0 bridgehead atoms. The van der Waals surface area contributed by atoms with E-state index in [0.29, 0.717) is 10.0 Å². The van der Waals surface area contributed by atoms with Crippen molar-refractivity contribution in [1.82, 2.24) is 0 Å². The lowest BCUT2D eigenvalue weighted by Gasteiger charge is -2.22. The first-order valence-corrected chi connectivity index (χ1v) is 8.77. The number of para-hydroxylation sites is 1. The molecule has 0 radical (unpaired) electrons. The fraction of sp³-hybridized carbons (Fsp3) is 0.0500. The summed E-state index contributed by atoms with van der Waals surface area (Å²) in [5, 5.41) is 1.04. The van der Waals surface area contributed by atoms with Gasteiger partial charge in [-0.2, -0.15) is 0 Å². The number of nitrogens with zero attached hydrogens (tertiary/aromatic N) is 1. The number of thiocarbonyl (C=S) groups is 1. The number of anilines is 2. The van der Waals surface area contributed by atoms with Crippen LogP contribution in [0.2, 0.25) is 10.0 Å². The molecule has 0 fully saturated rings. The van der Waals surface area contributed by atoms with Crippen LogP contribution in [0.4, 0.5) is 11.4 Å². The lowest BCUT2D eigenvalue weighted by atomic mass is 9.93. The fourth-order valence-electron chi connectivity index (χ4n) is 3.20. The van der Waals surface area contributed by atoms with Crippen molar-refractivity contribution in [2.75, 3.05) is 4.90 Å². The molecule has 4 rings (SSSR count). The Labute approximate surface area is 156 Å². The molecule has 0 spiro atoms. The van der Waals surface area contributed by atoms with E-state index in [1.54, 1.807) is 6.07 Å². The van der Waals surface area contributed by atoms with Gasteiger partial charge in [0.05, 0.1) is 32.3 Å². The number of rotatable bonds is 2. The van der Waals surface area contributed by atoms with Crippen LogP contribution in [0.1, 0.15) is 17.0 Å². The van der Waals surface area contributed by atoms with Gasteiger partial charge in [0.25, 0.3) is 0 Å². The quantitative estimate of drug-likeness (QED) is 0.467. The molecular weight excluding hydrogens is 357 g/mol. The molecule has 1 nitrogen and oxygen atoms in total. The Bertz CT molecular complexity index is 924. The minimum absolute atomic E-state index is 0.0347. The highest BCUT2D eigenvalue weighted by molar-refractivity contribution is 7.80. The molecule has 0 amide bonds. The Morgan fingerprint density at radius 1 is 0.750 bits per heavy atom. The third kappa shape index (κ3) is 2.42. The normalized spacial score (nSPS) is 16.3. The van der Waals surface area contributed by atoms with Crippen LogP contribution >= 0.6 is 35.4 Å². The Balaban J connectivity index is 1.92. The van der Waals surface area contributed by atoms with E-state index in [-0.39, 0.29) is 5.92 Å². The van der Waals surface area contributed by atoms with E-state index in [1.807, 2.05) is 47.4 Å². The zero-order valence-corrected chi connectivity index (χ0v) is 14.9. The van der Waals surface area contributed by atoms with Gasteiger partial charge in [-0.1, -0.05) is 90.0 Å². The lowest BCUT2D eigenvalue weighted by molar-refractivity contribution is 1.13. The van der Waals surface area contributed by atoms with E-state index < -0.39 is 0 Å². The van der Waals surface area contributed by atoms with Gasteiger partial charge < -0.3 is 4.90 Å². The molecule has 0 N–H and O–H groups in total. The average Bonchev–Trinajstić information content (AvgIpc) is 2.90. The highest BCUT2D eigenvalue weighted by Gasteiger charge is 2.36. The second-order valence-electron chi connectivity index (χ2n) is 5.65. The molecule has 1 unspecified atom stereocenters. The molecule has 0 aliphatic carbocycles. The lowest BCUT2D eigenvalue weighted by Crippen LogP contribution is -2.22. The van der Waals surface area contributed by atoms with E-state index in [4.69, 9.17) is 35.4 Å². The van der Waals surface area contributed by atoms with Gasteiger partial charge >= 0.3 is 0 Å². The summed E-state index contributed by atoms with van der Waals surface area (Å²) in [5.41, 5.74) is 4.24. The molecule has 1 aliphatic heterocycles. The maximum atomic E-state index is 6.47. The first kappa shape index (κ1) is 15.6.